The minimum atomic E-state index is 0.190. The van der Waals surface area contributed by atoms with E-state index < -0.39 is 0 Å². The number of nitrogens with zero attached hydrogens (tertiary/aromatic N) is 2. The maximum atomic E-state index is 6.34. The van der Waals surface area contributed by atoms with Gasteiger partial charge in [0.2, 0.25) is 5.95 Å². The third-order valence-electron chi connectivity index (χ3n) is 2.87. The molecule has 1 fully saturated rings. The van der Waals surface area contributed by atoms with E-state index in [9.17, 15) is 0 Å². The number of aromatic nitrogens is 2. The van der Waals surface area contributed by atoms with Crippen LogP contribution in [0.1, 0.15) is 32.1 Å². The maximum Gasteiger partial charge on any atom is 0.222 e. The minimum absolute atomic E-state index is 0.190. The van der Waals surface area contributed by atoms with Gasteiger partial charge in [0.1, 0.15) is 0 Å². The molecule has 0 aromatic carbocycles. The third kappa shape index (κ3) is 3.32. The van der Waals surface area contributed by atoms with E-state index in [0.29, 0.717) is 12.0 Å². The SMILES string of the molecule is ClC1CCCCCC1Nc1ncc(Br)cn1. The van der Waals surface area contributed by atoms with Gasteiger partial charge in [0.05, 0.1) is 9.85 Å². The first-order valence-electron chi connectivity index (χ1n) is 5.64. The highest BCUT2D eigenvalue weighted by Gasteiger charge is 2.21. The van der Waals surface area contributed by atoms with Gasteiger partial charge in [0, 0.05) is 18.4 Å². The molecule has 5 heteroatoms. The summed E-state index contributed by atoms with van der Waals surface area (Å²) in [6.45, 7) is 0. The van der Waals surface area contributed by atoms with E-state index in [1.165, 1.54) is 19.3 Å². The molecular formula is C11H15BrClN3. The number of halogens is 2. The molecule has 2 rings (SSSR count). The summed E-state index contributed by atoms with van der Waals surface area (Å²) in [5.74, 6) is 0.667. The second kappa shape index (κ2) is 5.82. The van der Waals surface area contributed by atoms with Crippen LogP contribution in [0.4, 0.5) is 5.95 Å². The van der Waals surface area contributed by atoms with Crippen molar-refractivity contribution < 1.29 is 0 Å². The van der Waals surface area contributed by atoms with Gasteiger partial charge < -0.3 is 5.32 Å². The van der Waals surface area contributed by atoms with Crippen molar-refractivity contribution in [2.24, 2.45) is 0 Å². The van der Waals surface area contributed by atoms with Crippen LogP contribution < -0.4 is 5.32 Å². The largest absolute Gasteiger partial charge is 0.350 e. The minimum Gasteiger partial charge on any atom is -0.350 e. The van der Waals surface area contributed by atoms with Gasteiger partial charge >= 0.3 is 0 Å². The summed E-state index contributed by atoms with van der Waals surface area (Å²) in [6, 6.07) is 0.297. The van der Waals surface area contributed by atoms with Crippen LogP contribution in [-0.4, -0.2) is 21.4 Å². The standard InChI is InChI=1S/C11H15BrClN3/c12-8-6-14-11(15-7-8)16-10-5-3-1-2-4-9(10)13/h6-7,9-10H,1-5H2,(H,14,15,16). The molecule has 1 aliphatic carbocycles. The van der Waals surface area contributed by atoms with Gasteiger partial charge in [-0.2, -0.15) is 0 Å². The fourth-order valence-corrected chi connectivity index (χ4v) is 2.53. The molecule has 2 atom stereocenters. The normalized spacial score (nSPS) is 26.1. The van der Waals surface area contributed by atoms with Crippen LogP contribution in [0.15, 0.2) is 16.9 Å². The van der Waals surface area contributed by atoms with Crippen molar-refractivity contribution in [1.29, 1.82) is 0 Å². The molecule has 1 aliphatic rings. The number of hydrogen-bond donors (Lipinski definition) is 1. The quantitative estimate of drug-likeness (QED) is 0.670. The first kappa shape index (κ1) is 12.1. The van der Waals surface area contributed by atoms with Crippen LogP contribution in [0.3, 0.4) is 0 Å². The highest BCUT2D eigenvalue weighted by Crippen LogP contribution is 2.24. The first-order chi connectivity index (χ1) is 7.75. The van der Waals surface area contributed by atoms with Crippen LogP contribution >= 0.6 is 27.5 Å². The van der Waals surface area contributed by atoms with E-state index >= 15 is 0 Å². The van der Waals surface area contributed by atoms with Crippen molar-refractivity contribution in [1.82, 2.24) is 9.97 Å². The summed E-state index contributed by atoms with van der Waals surface area (Å²) < 4.78 is 0.890. The fourth-order valence-electron chi connectivity index (χ4n) is 1.98. The van der Waals surface area contributed by atoms with E-state index in [1.807, 2.05) is 0 Å². The molecule has 1 aromatic heterocycles. The summed E-state index contributed by atoms with van der Waals surface area (Å²) >= 11 is 9.66. The lowest BCUT2D eigenvalue weighted by Gasteiger charge is -2.20. The number of nitrogens with one attached hydrogen (secondary N) is 1. The monoisotopic (exact) mass is 303 g/mol. The Morgan fingerprint density at radius 2 is 1.88 bits per heavy atom. The number of hydrogen-bond acceptors (Lipinski definition) is 3. The Hall–Kier alpha value is -0.350. The van der Waals surface area contributed by atoms with Gasteiger partial charge in [-0.15, -0.1) is 11.6 Å². The molecule has 1 saturated carbocycles. The Morgan fingerprint density at radius 3 is 2.62 bits per heavy atom. The molecule has 1 aromatic rings. The fraction of sp³-hybridized carbons (Fsp3) is 0.636. The number of rotatable bonds is 2. The van der Waals surface area contributed by atoms with E-state index in [4.69, 9.17) is 11.6 Å². The Kier molecular flexibility index (Phi) is 4.41. The van der Waals surface area contributed by atoms with Crippen molar-refractivity contribution in [3.05, 3.63) is 16.9 Å². The lowest BCUT2D eigenvalue weighted by Crippen LogP contribution is -2.29. The predicted molar refractivity (Wildman–Crippen MR) is 69.9 cm³/mol. The third-order valence-corrected chi connectivity index (χ3v) is 3.80. The van der Waals surface area contributed by atoms with Gasteiger partial charge in [-0.1, -0.05) is 19.3 Å². The zero-order valence-electron chi connectivity index (χ0n) is 9.00. The topological polar surface area (TPSA) is 37.8 Å². The Labute approximate surface area is 109 Å². The van der Waals surface area contributed by atoms with Gasteiger partial charge in [-0.05, 0) is 28.8 Å². The number of anilines is 1. The van der Waals surface area contributed by atoms with Crippen LogP contribution in [0.2, 0.25) is 0 Å². The van der Waals surface area contributed by atoms with E-state index in [1.54, 1.807) is 12.4 Å². The zero-order valence-corrected chi connectivity index (χ0v) is 11.3. The summed E-state index contributed by atoms with van der Waals surface area (Å²) in [5, 5.41) is 3.51. The van der Waals surface area contributed by atoms with Gasteiger partial charge in [0.25, 0.3) is 0 Å². The van der Waals surface area contributed by atoms with Crippen molar-refractivity contribution in [3.63, 3.8) is 0 Å². The molecule has 1 heterocycles. The smallest absolute Gasteiger partial charge is 0.222 e. The molecule has 0 aliphatic heterocycles. The Morgan fingerprint density at radius 1 is 1.19 bits per heavy atom. The van der Waals surface area contributed by atoms with Crippen molar-refractivity contribution in [2.75, 3.05) is 5.32 Å². The average molecular weight is 305 g/mol. The molecular weight excluding hydrogens is 289 g/mol. The van der Waals surface area contributed by atoms with Gasteiger partial charge in [-0.3, -0.25) is 0 Å². The van der Waals surface area contributed by atoms with Crippen molar-refractivity contribution in [3.8, 4) is 0 Å². The van der Waals surface area contributed by atoms with Gasteiger partial charge in [0.15, 0.2) is 0 Å². The first-order valence-corrected chi connectivity index (χ1v) is 6.87. The molecule has 1 N–H and O–H groups in total. The summed E-state index contributed by atoms with van der Waals surface area (Å²) in [5.41, 5.74) is 0. The Balaban J connectivity index is 1.99. The lowest BCUT2D eigenvalue weighted by atomic mass is 10.1. The molecule has 0 bridgehead atoms. The van der Waals surface area contributed by atoms with Crippen LogP contribution in [-0.2, 0) is 0 Å². The van der Waals surface area contributed by atoms with E-state index in [2.05, 4.69) is 31.2 Å². The predicted octanol–water partition coefficient (Wildman–Crippen LogP) is 3.59. The van der Waals surface area contributed by atoms with Crippen LogP contribution in [0, 0.1) is 0 Å². The summed E-state index contributed by atoms with van der Waals surface area (Å²) in [4.78, 5) is 8.42. The molecule has 0 spiro atoms. The number of alkyl halides is 1. The van der Waals surface area contributed by atoms with Crippen molar-refractivity contribution >= 4 is 33.5 Å². The average Bonchev–Trinajstić information content (AvgIpc) is 2.48. The van der Waals surface area contributed by atoms with Gasteiger partial charge in [-0.25, -0.2) is 9.97 Å². The van der Waals surface area contributed by atoms with Crippen molar-refractivity contribution in [2.45, 2.75) is 43.5 Å². The molecule has 0 amide bonds. The van der Waals surface area contributed by atoms with E-state index in [-0.39, 0.29) is 5.38 Å². The molecule has 2 unspecified atom stereocenters. The van der Waals surface area contributed by atoms with Crippen LogP contribution in [0.25, 0.3) is 0 Å². The zero-order chi connectivity index (χ0) is 11.4. The van der Waals surface area contributed by atoms with Crippen LogP contribution in [0.5, 0.6) is 0 Å². The van der Waals surface area contributed by atoms with E-state index in [0.717, 1.165) is 17.3 Å². The molecule has 88 valence electrons. The highest BCUT2D eigenvalue weighted by molar-refractivity contribution is 9.10. The second-order valence-electron chi connectivity index (χ2n) is 4.13. The second-order valence-corrected chi connectivity index (χ2v) is 5.61. The maximum absolute atomic E-state index is 6.34. The molecule has 0 radical (unpaired) electrons. The molecule has 16 heavy (non-hydrogen) atoms. The lowest BCUT2D eigenvalue weighted by molar-refractivity contribution is 0.622. The summed E-state index contributed by atoms with van der Waals surface area (Å²) in [6.07, 6.45) is 9.42. The molecule has 0 saturated heterocycles. The Bertz CT molecular complexity index is 331. The molecule has 3 nitrogen and oxygen atoms in total. The summed E-state index contributed by atoms with van der Waals surface area (Å²) in [7, 11) is 0. The highest BCUT2D eigenvalue weighted by atomic mass is 79.9.